The zero-order valence-corrected chi connectivity index (χ0v) is 10.4. The molecule has 0 aromatic carbocycles. The lowest BCUT2D eigenvalue weighted by molar-refractivity contribution is 0.411. The Morgan fingerprint density at radius 2 is 2.06 bits per heavy atom. The molecule has 1 aromatic rings. The third kappa shape index (κ3) is 2.93. The topological polar surface area (TPSA) is 82.3 Å². The number of pyridine rings is 1. The van der Waals surface area contributed by atoms with Gasteiger partial charge in [0, 0.05) is 18.5 Å². The smallest absolute Gasteiger partial charge is 0.151 e. The highest BCUT2D eigenvalue weighted by molar-refractivity contribution is 7.91. The minimum Gasteiger partial charge on any atom is -0.495 e. The van der Waals surface area contributed by atoms with E-state index in [2.05, 4.69) is 4.98 Å². The van der Waals surface area contributed by atoms with E-state index >= 15 is 0 Å². The Hall–Kier alpha value is -1.14. The standard InChI is InChI=1S/C10H16N2O3S/c1-7(16(3,13)14)10(11)8-4-9(15-2)6-12-5-8/h4-7,10H,11H2,1-3H3. The van der Waals surface area contributed by atoms with Crippen LogP contribution in [0.15, 0.2) is 18.5 Å². The molecule has 0 saturated heterocycles. The minimum absolute atomic E-state index is 0.564. The number of ether oxygens (including phenoxy) is 1. The van der Waals surface area contributed by atoms with Crippen LogP contribution in [-0.4, -0.2) is 32.0 Å². The molecular formula is C10H16N2O3S. The van der Waals surface area contributed by atoms with Gasteiger partial charge in [0.1, 0.15) is 5.75 Å². The zero-order valence-electron chi connectivity index (χ0n) is 9.54. The van der Waals surface area contributed by atoms with E-state index < -0.39 is 21.1 Å². The van der Waals surface area contributed by atoms with E-state index in [0.717, 1.165) is 0 Å². The monoisotopic (exact) mass is 244 g/mol. The maximum absolute atomic E-state index is 11.4. The molecule has 0 saturated carbocycles. The van der Waals surface area contributed by atoms with E-state index in [1.54, 1.807) is 25.4 Å². The molecule has 2 unspecified atom stereocenters. The van der Waals surface area contributed by atoms with Gasteiger partial charge in [0.25, 0.3) is 0 Å². The lowest BCUT2D eigenvalue weighted by Crippen LogP contribution is -2.30. The van der Waals surface area contributed by atoms with Gasteiger partial charge in [0.15, 0.2) is 9.84 Å². The molecule has 0 fully saturated rings. The summed E-state index contributed by atoms with van der Waals surface area (Å²) >= 11 is 0. The van der Waals surface area contributed by atoms with Gasteiger partial charge in [-0.2, -0.15) is 0 Å². The summed E-state index contributed by atoms with van der Waals surface area (Å²) in [5.41, 5.74) is 6.52. The van der Waals surface area contributed by atoms with Crippen molar-refractivity contribution in [3.8, 4) is 5.75 Å². The SMILES string of the molecule is COc1cncc(C(N)C(C)S(C)(=O)=O)c1. The summed E-state index contributed by atoms with van der Waals surface area (Å²) in [5, 5.41) is -0.651. The van der Waals surface area contributed by atoms with Gasteiger partial charge in [-0.1, -0.05) is 0 Å². The van der Waals surface area contributed by atoms with Gasteiger partial charge >= 0.3 is 0 Å². The first-order chi connectivity index (χ1) is 7.36. The second-order valence-electron chi connectivity index (χ2n) is 3.72. The van der Waals surface area contributed by atoms with Crippen LogP contribution in [0.2, 0.25) is 0 Å². The highest BCUT2D eigenvalue weighted by atomic mass is 32.2. The summed E-state index contributed by atoms with van der Waals surface area (Å²) in [7, 11) is -1.64. The maximum atomic E-state index is 11.4. The summed E-state index contributed by atoms with van der Waals surface area (Å²) < 4.78 is 27.7. The quantitative estimate of drug-likeness (QED) is 0.835. The first-order valence-electron chi connectivity index (χ1n) is 4.79. The largest absolute Gasteiger partial charge is 0.495 e. The highest BCUT2D eigenvalue weighted by Gasteiger charge is 2.24. The molecule has 0 aliphatic heterocycles. The summed E-state index contributed by atoms with van der Waals surface area (Å²) in [6.07, 6.45) is 4.27. The van der Waals surface area contributed by atoms with E-state index in [4.69, 9.17) is 10.5 Å². The van der Waals surface area contributed by atoms with Crippen molar-refractivity contribution in [2.24, 2.45) is 5.73 Å². The number of nitrogens with zero attached hydrogens (tertiary/aromatic N) is 1. The first-order valence-corrected chi connectivity index (χ1v) is 6.75. The number of sulfone groups is 1. The van der Waals surface area contributed by atoms with E-state index in [-0.39, 0.29) is 0 Å². The number of nitrogens with two attached hydrogens (primary N) is 1. The molecule has 0 amide bonds. The number of rotatable bonds is 4. The second kappa shape index (κ2) is 4.80. The van der Waals surface area contributed by atoms with Gasteiger partial charge in [-0.15, -0.1) is 0 Å². The van der Waals surface area contributed by atoms with Gasteiger partial charge in [0.05, 0.1) is 18.6 Å². The molecule has 0 spiro atoms. The Morgan fingerprint density at radius 1 is 1.44 bits per heavy atom. The van der Waals surface area contributed by atoms with Crippen molar-refractivity contribution >= 4 is 9.84 Å². The molecule has 1 rings (SSSR count). The third-order valence-corrected chi connectivity index (χ3v) is 4.18. The number of methoxy groups -OCH3 is 1. The maximum Gasteiger partial charge on any atom is 0.151 e. The van der Waals surface area contributed by atoms with Crippen LogP contribution in [0, 0.1) is 0 Å². The van der Waals surface area contributed by atoms with Crippen molar-refractivity contribution in [1.29, 1.82) is 0 Å². The van der Waals surface area contributed by atoms with E-state index in [0.29, 0.717) is 11.3 Å². The van der Waals surface area contributed by atoms with Gasteiger partial charge in [-0.3, -0.25) is 4.98 Å². The lowest BCUT2D eigenvalue weighted by Gasteiger charge is -2.18. The predicted molar refractivity (Wildman–Crippen MR) is 62.0 cm³/mol. The number of hydrogen-bond acceptors (Lipinski definition) is 5. The summed E-state index contributed by atoms with van der Waals surface area (Å²) in [4.78, 5) is 3.94. The van der Waals surface area contributed by atoms with E-state index in [1.165, 1.54) is 13.4 Å². The molecule has 0 bridgehead atoms. The fraction of sp³-hybridized carbons (Fsp3) is 0.500. The Balaban J connectivity index is 3.00. The minimum atomic E-state index is -3.16. The number of hydrogen-bond donors (Lipinski definition) is 1. The molecule has 6 heteroatoms. The van der Waals surface area contributed by atoms with Crippen LogP contribution in [0.4, 0.5) is 0 Å². The first kappa shape index (κ1) is 12.9. The van der Waals surface area contributed by atoms with Crippen molar-refractivity contribution in [3.63, 3.8) is 0 Å². The molecule has 5 nitrogen and oxygen atoms in total. The van der Waals surface area contributed by atoms with Crippen molar-refractivity contribution < 1.29 is 13.2 Å². The van der Waals surface area contributed by atoms with Crippen LogP contribution in [0.5, 0.6) is 5.75 Å². The fourth-order valence-corrected chi connectivity index (χ4v) is 1.96. The Labute approximate surface area is 95.6 Å². The van der Waals surface area contributed by atoms with Crippen LogP contribution in [0.3, 0.4) is 0 Å². The molecule has 2 atom stereocenters. The Morgan fingerprint density at radius 3 is 2.56 bits per heavy atom. The Kier molecular flexibility index (Phi) is 3.88. The molecule has 0 aliphatic rings. The van der Waals surface area contributed by atoms with Gasteiger partial charge < -0.3 is 10.5 Å². The lowest BCUT2D eigenvalue weighted by atomic mass is 10.1. The van der Waals surface area contributed by atoms with Crippen LogP contribution in [-0.2, 0) is 9.84 Å². The van der Waals surface area contributed by atoms with Gasteiger partial charge in [-0.05, 0) is 18.6 Å². The van der Waals surface area contributed by atoms with Gasteiger partial charge in [0.2, 0.25) is 0 Å². The molecule has 0 aliphatic carbocycles. The molecule has 2 N–H and O–H groups in total. The average Bonchev–Trinajstić information content (AvgIpc) is 2.26. The third-order valence-electron chi connectivity index (χ3n) is 2.54. The average molecular weight is 244 g/mol. The fourth-order valence-electron chi connectivity index (χ4n) is 1.27. The highest BCUT2D eigenvalue weighted by Crippen LogP contribution is 2.21. The Bertz CT molecular complexity index is 459. The molecule has 16 heavy (non-hydrogen) atoms. The zero-order chi connectivity index (χ0) is 12.3. The van der Waals surface area contributed by atoms with Crippen LogP contribution < -0.4 is 10.5 Å². The van der Waals surface area contributed by atoms with Crippen molar-refractivity contribution in [1.82, 2.24) is 4.98 Å². The number of aromatic nitrogens is 1. The van der Waals surface area contributed by atoms with Crippen LogP contribution in [0.1, 0.15) is 18.5 Å². The summed E-state index contributed by atoms with van der Waals surface area (Å²) in [6.45, 7) is 1.58. The van der Waals surface area contributed by atoms with Crippen LogP contribution in [0.25, 0.3) is 0 Å². The molecular weight excluding hydrogens is 228 g/mol. The normalized spacial score (nSPS) is 15.5. The molecule has 1 aromatic heterocycles. The van der Waals surface area contributed by atoms with E-state index in [1.807, 2.05) is 0 Å². The predicted octanol–water partition coefficient (Wildman–Crippen LogP) is 0.523. The van der Waals surface area contributed by atoms with Crippen LogP contribution >= 0.6 is 0 Å². The summed E-state index contributed by atoms with van der Waals surface area (Å²) in [6, 6.07) is 1.09. The summed E-state index contributed by atoms with van der Waals surface area (Å²) in [5.74, 6) is 0.564. The van der Waals surface area contributed by atoms with E-state index in [9.17, 15) is 8.42 Å². The van der Waals surface area contributed by atoms with Gasteiger partial charge in [-0.25, -0.2) is 8.42 Å². The van der Waals surface area contributed by atoms with Crippen molar-refractivity contribution in [3.05, 3.63) is 24.0 Å². The molecule has 90 valence electrons. The van der Waals surface area contributed by atoms with Crippen molar-refractivity contribution in [2.75, 3.05) is 13.4 Å². The molecule has 1 heterocycles. The van der Waals surface area contributed by atoms with Crippen molar-refractivity contribution in [2.45, 2.75) is 18.2 Å². The molecule has 0 radical (unpaired) electrons. The second-order valence-corrected chi connectivity index (χ2v) is 6.12.